The second-order valence-electron chi connectivity index (χ2n) is 3.93. The third-order valence-electron chi connectivity index (χ3n) is 2.39. The molecule has 0 atom stereocenters. The maximum atomic E-state index is 11.6. The molecule has 1 rings (SSSR count). The molecule has 0 aliphatic rings. The molecule has 0 unspecified atom stereocenters. The van der Waals surface area contributed by atoms with Crippen LogP contribution in [-0.4, -0.2) is 50.0 Å². The van der Waals surface area contributed by atoms with Crippen molar-refractivity contribution in [2.75, 3.05) is 26.4 Å². The molecule has 18 heavy (non-hydrogen) atoms. The van der Waals surface area contributed by atoms with Crippen molar-refractivity contribution in [2.45, 2.75) is 6.42 Å². The zero-order valence-electron chi connectivity index (χ0n) is 10.2. The summed E-state index contributed by atoms with van der Waals surface area (Å²) in [6.45, 7) is 0.764. The van der Waals surface area contributed by atoms with Gasteiger partial charge in [-0.15, -0.1) is 0 Å². The van der Waals surface area contributed by atoms with Crippen LogP contribution >= 0.6 is 11.6 Å². The first-order valence-corrected chi connectivity index (χ1v) is 7.57. The van der Waals surface area contributed by atoms with Crippen LogP contribution in [0.5, 0.6) is 0 Å². The van der Waals surface area contributed by atoms with Gasteiger partial charge in [-0.3, -0.25) is 4.79 Å². The summed E-state index contributed by atoms with van der Waals surface area (Å²) >= 11 is 5.67. The Kier molecular flexibility index (Phi) is 5.18. The number of H-pyrrole nitrogens is 1. The number of nitrogens with zero attached hydrogens (tertiary/aromatic N) is 1. The minimum absolute atomic E-state index is 0.260. The molecular weight excluding hydrogens is 278 g/mol. The molecule has 0 fully saturated rings. The molecule has 0 spiro atoms. The number of carbonyl (C=O) groups is 1. The van der Waals surface area contributed by atoms with Crippen LogP contribution in [0.2, 0.25) is 5.02 Å². The first-order chi connectivity index (χ1) is 8.30. The van der Waals surface area contributed by atoms with E-state index in [2.05, 4.69) is 10.3 Å². The fourth-order valence-electron chi connectivity index (χ4n) is 1.26. The Hall–Kier alpha value is -1.05. The summed E-state index contributed by atoms with van der Waals surface area (Å²) in [5.74, 6) is -0.260. The van der Waals surface area contributed by atoms with Crippen LogP contribution in [-0.2, 0) is 10.0 Å². The van der Waals surface area contributed by atoms with Gasteiger partial charge < -0.3 is 10.3 Å². The summed E-state index contributed by atoms with van der Waals surface area (Å²) in [7, 11) is -1.65. The number of hydrogen-bond acceptors (Lipinski definition) is 3. The van der Waals surface area contributed by atoms with Crippen LogP contribution in [0.15, 0.2) is 12.3 Å². The molecule has 8 heteroatoms. The molecule has 0 saturated heterocycles. The Balaban J connectivity index is 2.29. The van der Waals surface area contributed by atoms with Gasteiger partial charge in [0, 0.05) is 26.3 Å². The quantitative estimate of drug-likeness (QED) is 0.757. The number of carbonyl (C=O) groups excluding carboxylic acids is 1. The Labute approximate surface area is 111 Å². The van der Waals surface area contributed by atoms with E-state index in [0.29, 0.717) is 30.2 Å². The number of hydrogen-bond donors (Lipinski definition) is 2. The van der Waals surface area contributed by atoms with E-state index in [-0.39, 0.29) is 5.91 Å². The highest BCUT2D eigenvalue weighted by Crippen LogP contribution is 2.08. The van der Waals surface area contributed by atoms with Crippen molar-refractivity contribution in [2.24, 2.45) is 0 Å². The van der Waals surface area contributed by atoms with Gasteiger partial charge in [-0.1, -0.05) is 11.6 Å². The largest absolute Gasteiger partial charge is 0.356 e. The first kappa shape index (κ1) is 15.0. The summed E-state index contributed by atoms with van der Waals surface area (Å²) in [4.78, 5) is 14.3. The number of nitrogens with one attached hydrogen (secondary N) is 2. The maximum Gasteiger partial charge on any atom is 0.267 e. The van der Waals surface area contributed by atoms with Crippen molar-refractivity contribution >= 4 is 27.5 Å². The maximum absolute atomic E-state index is 11.6. The third-order valence-corrected chi connectivity index (χ3v) is 3.93. The van der Waals surface area contributed by atoms with Crippen molar-refractivity contribution in [1.29, 1.82) is 0 Å². The van der Waals surface area contributed by atoms with Crippen molar-refractivity contribution in [3.8, 4) is 0 Å². The fourth-order valence-corrected chi connectivity index (χ4v) is 1.89. The Morgan fingerprint density at radius 2 is 2.22 bits per heavy atom. The van der Waals surface area contributed by atoms with Crippen LogP contribution in [0.1, 0.15) is 16.9 Å². The van der Waals surface area contributed by atoms with Gasteiger partial charge in [-0.05, 0) is 12.5 Å². The van der Waals surface area contributed by atoms with Crippen molar-refractivity contribution in [3.63, 3.8) is 0 Å². The normalized spacial score (nSPS) is 11.8. The predicted octanol–water partition coefficient (Wildman–Crippen LogP) is 0.679. The zero-order chi connectivity index (χ0) is 13.8. The number of sulfonamides is 1. The lowest BCUT2D eigenvalue weighted by Crippen LogP contribution is -2.31. The van der Waals surface area contributed by atoms with Gasteiger partial charge in [0.25, 0.3) is 5.91 Å². The molecular formula is C10H16ClN3O3S. The smallest absolute Gasteiger partial charge is 0.267 e. The summed E-state index contributed by atoms with van der Waals surface area (Å²) in [6.07, 6.45) is 3.21. The van der Waals surface area contributed by atoms with Crippen molar-refractivity contribution in [1.82, 2.24) is 14.6 Å². The minimum Gasteiger partial charge on any atom is -0.356 e. The summed E-state index contributed by atoms with van der Waals surface area (Å²) in [5.41, 5.74) is 0.386. The number of aromatic nitrogens is 1. The lowest BCUT2D eigenvalue weighted by molar-refractivity contribution is 0.0948. The van der Waals surface area contributed by atoms with Crippen LogP contribution in [0.25, 0.3) is 0 Å². The van der Waals surface area contributed by atoms with E-state index in [1.54, 1.807) is 0 Å². The molecule has 2 N–H and O–H groups in total. The standard InChI is InChI=1S/C10H16ClN3O3S/c1-14(18(2,16)17)5-3-4-12-10(15)9-6-8(11)7-13-9/h6-7,13H,3-5H2,1-2H3,(H,12,15). The number of aromatic amines is 1. The van der Waals surface area contributed by atoms with Gasteiger partial charge in [0.05, 0.1) is 11.3 Å². The highest BCUT2D eigenvalue weighted by atomic mass is 35.5. The van der Waals surface area contributed by atoms with Crippen LogP contribution in [0.4, 0.5) is 0 Å². The van der Waals surface area contributed by atoms with Gasteiger partial charge in [0.15, 0.2) is 0 Å². The molecule has 1 heterocycles. The molecule has 0 bridgehead atoms. The molecule has 1 amide bonds. The van der Waals surface area contributed by atoms with E-state index in [1.165, 1.54) is 23.6 Å². The van der Waals surface area contributed by atoms with Crippen LogP contribution in [0, 0.1) is 0 Å². The molecule has 1 aromatic heterocycles. The Bertz CT molecular complexity index is 512. The highest BCUT2D eigenvalue weighted by molar-refractivity contribution is 7.88. The van der Waals surface area contributed by atoms with Crippen molar-refractivity contribution < 1.29 is 13.2 Å². The second-order valence-corrected chi connectivity index (χ2v) is 6.45. The van der Waals surface area contributed by atoms with Crippen LogP contribution < -0.4 is 5.32 Å². The second kappa shape index (κ2) is 6.21. The lowest BCUT2D eigenvalue weighted by Gasteiger charge is -2.13. The molecule has 0 saturated carbocycles. The molecule has 0 radical (unpaired) electrons. The summed E-state index contributed by atoms with van der Waals surface area (Å²) in [5, 5.41) is 3.14. The molecule has 102 valence electrons. The van der Waals surface area contributed by atoms with E-state index >= 15 is 0 Å². The van der Waals surface area contributed by atoms with E-state index < -0.39 is 10.0 Å². The van der Waals surface area contributed by atoms with Gasteiger partial charge in [0.1, 0.15) is 5.69 Å². The summed E-state index contributed by atoms with van der Waals surface area (Å²) < 4.78 is 23.4. The van der Waals surface area contributed by atoms with E-state index in [1.807, 2.05) is 0 Å². The predicted molar refractivity (Wildman–Crippen MR) is 70.2 cm³/mol. The average Bonchev–Trinajstić information content (AvgIpc) is 2.69. The number of halogens is 1. The third kappa shape index (κ3) is 4.67. The number of amides is 1. The van der Waals surface area contributed by atoms with Gasteiger partial charge in [-0.25, -0.2) is 12.7 Å². The SMILES string of the molecule is CN(CCCNC(=O)c1cc(Cl)c[nH]1)S(C)(=O)=O. The van der Waals surface area contributed by atoms with Crippen molar-refractivity contribution in [3.05, 3.63) is 23.0 Å². The van der Waals surface area contributed by atoms with Gasteiger partial charge >= 0.3 is 0 Å². The molecule has 6 nitrogen and oxygen atoms in total. The van der Waals surface area contributed by atoms with E-state index in [0.717, 1.165) is 6.26 Å². The lowest BCUT2D eigenvalue weighted by atomic mass is 10.3. The monoisotopic (exact) mass is 293 g/mol. The fraction of sp³-hybridized carbons (Fsp3) is 0.500. The Morgan fingerprint density at radius 1 is 1.56 bits per heavy atom. The van der Waals surface area contributed by atoms with E-state index in [9.17, 15) is 13.2 Å². The molecule has 1 aromatic rings. The zero-order valence-corrected chi connectivity index (χ0v) is 11.8. The number of rotatable bonds is 6. The van der Waals surface area contributed by atoms with Gasteiger partial charge in [0.2, 0.25) is 10.0 Å². The summed E-state index contributed by atoms with van der Waals surface area (Å²) in [6, 6.07) is 1.53. The van der Waals surface area contributed by atoms with Crippen LogP contribution in [0.3, 0.4) is 0 Å². The molecule has 0 aliphatic heterocycles. The minimum atomic E-state index is -3.16. The van der Waals surface area contributed by atoms with E-state index in [4.69, 9.17) is 11.6 Å². The Morgan fingerprint density at radius 3 is 2.72 bits per heavy atom. The average molecular weight is 294 g/mol. The molecule has 0 aromatic carbocycles. The molecule has 0 aliphatic carbocycles. The first-order valence-electron chi connectivity index (χ1n) is 5.34. The highest BCUT2D eigenvalue weighted by Gasteiger charge is 2.11. The topological polar surface area (TPSA) is 82.3 Å². The van der Waals surface area contributed by atoms with Gasteiger partial charge in [-0.2, -0.15) is 0 Å².